The lowest BCUT2D eigenvalue weighted by Crippen LogP contribution is -2.39. The van der Waals surface area contributed by atoms with Crippen molar-refractivity contribution in [3.63, 3.8) is 0 Å². The molecule has 2 N–H and O–H groups in total. The lowest BCUT2D eigenvalue weighted by atomic mass is 9.81. The zero-order valence-corrected chi connectivity index (χ0v) is 21.0. The number of esters is 1. The Labute approximate surface area is 200 Å². The first kappa shape index (κ1) is 26.0. The molecule has 1 aromatic heterocycles. The van der Waals surface area contributed by atoms with Crippen LogP contribution in [0.15, 0.2) is 11.0 Å². The quantitative estimate of drug-likeness (QED) is 0.492. The summed E-state index contributed by atoms with van der Waals surface area (Å²) in [5.74, 6) is -2.22. The number of carbonyl (C=O) groups excluding carboxylic acids is 2. The number of hydrogen-bond donors (Lipinski definition) is 2. The van der Waals surface area contributed by atoms with Crippen LogP contribution < -0.4 is 0 Å². The summed E-state index contributed by atoms with van der Waals surface area (Å²) in [7, 11) is 0. The molecule has 2 saturated heterocycles. The number of aliphatic hydroxyl groups excluding tert-OH is 2. The van der Waals surface area contributed by atoms with Gasteiger partial charge in [0.1, 0.15) is 11.9 Å². The van der Waals surface area contributed by atoms with Crippen LogP contribution in [0.3, 0.4) is 0 Å². The minimum Gasteiger partial charge on any atom is -0.458 e. The molecule has 3 rings (SSSR count). The lowest BCUT2D eigenvalue weighted by molar-refractivity contribution is -0.151. The number of ether oxygens (including phenoxy) is 2. The molecule has 0 aromatic carbocycles. The Morgan fingerprint density at radius 3 is 2.55 bits per heavy atom. The normalized spacial score (nSPS) is 37.4. The summed E-state index contributed by atoms with van der Waals surface area (Å²) in [6.45, 7) is 9.10. The minimum absolute atomic E-state index is 0.0146. The average Bonchev–Trinajstić information content (AvgIpc) is 3.38. The average molecular weight is 480 g/mol. The highest BCUT2D eigenvalue weighted by Gasteiger charge is 2.42. The third kappa shape index (κ3) is 6.94. The summed E-state index contributed by atoms with van der Waals surface area (Å²) in [6.07, 6.45) is 2.43. The minimum atomic E-state index is -1.17. The Bertz CT molecular complexity index is 867. The molecule has 7 nitrogen and oxygen atoms in total. The van der Waals surface area contributed by atoms with Gasteiger partial charge in [-0.05, 0) is 44.3 Å². The first-order valence-electron chi connectivity index (χ1n) is 11.9. The SMILES string of the molecule is C/C(=C\c1csc(C)n1)[C@@H]1C[C@@H]2O[C@@H]2CCC[C@H](C)C(O)[C@@H](C)C(=O)[C@@H](C)[C@@H](O)CC(=O)O1. The van der Waals surface area contributed by atoms with E-state index in [0.717, 1.165) is 35.5 Å². The van der Waals surface area contributed by atoms with E-state index in [2.05, 4.69) is 4.98 Å². The van der Waals surface area contributed by atoms with Crippen molar-refractivity contribution in [3.05, 3.63) is 21.7 Å². The summed E-state index contributed by atoms with van der Waals surface area (Å²) in [6, 6.07) is 0. The van der Waals surface area contributed by atoms with Gasteiger partial charge in [-0.15, -0.1) is 11.3 Å². The van der Waals surface area contributed by atoms with Crippen LogP contribution in [0.4, 0.5) is 0 Å². The molecule has 0 spiro atoms. The summed E-state index contributed by atoms with van der Waals surface area (Å²) in [4.78, 5) is 30.0. The van der Waals surface area contributed by atoms with Crippen molar-refractivity contribution in [2.75, 3.05) is 0 Å². The number of hydrogen-bond acceptors (Lipinski definition) is 8. The summed E-state index contributed by atoms with van der Waals surface area (Å²) >= 11 is 1.56. The van der Waals surface area contributed by atoms with Crippen molar-refractivity contribution in [3.8, 4) is 0 Å². The number of fused-ring (bicyclic) bond motifs is 1. The maximum Gasteiger partial charge on any atom is 0.309 e. The highest BCUT2D eigenvalue weighted by molar-refractivity contribution is 7.09. The fourth-order valence-electron chi connectivity index (χ4n) is 4.58. The molecule has 0 radical (unpaired) electrons. The van der Waals surface area contributed by atoms with Gasteiger partial charge in [0.2, 0.25) is 0 Å². The lowest BCUT2D eigenvalue weighted by Gasteiger charge is -2.28. The van der Waals surface area contributed by atoms with Crippen LogP contribution in [0.5, 0.6) is 0 Å². The van der Waals surface area contributed by atoms with Crippen molar-refractivity contribution in [1.29, 1.82) is 0 Å². The molecule has 8 heteroatoms. The van der Waals surface area contributed by atoms with Gasteiger partial charge >= 0.3 is 5.97 Å². The molecule has 1 aromatic rings. The van der Waals surface area contributed by atoms with Gasteiger partial charge in [-0.3, -0.25) is 9.59 Å². The number of thiazole rings is 1. The second-order valence-electron chi connectivity index (χ2n) is 9.76. The molecule has 33 heavy (non-hydrogen) atoms. The molecular weight excluding hydrogens is 442 g/mol. The largest absolute Gasteiger partial charge is 0.458 e. The zero-order chi connectivity index (χ0) is 24.3. The Kier molecular flexibility index (Phi) is 8.83. The molecule has 0 amide bonds. The molecule has 8 atom stereocenters. The van der Waals surface area contributed by atoms with Crippen molar-refractivity contribution in [2.45, 2.75) is 97.2 Å². The van der Waals surface area contributed by atoms with Gasteiger partial charge in [-0.25, -0.2) is 4.98 Å². The van der Waals surface area contributed by atoms with Crippen molar-refractivity contribution >= 4 is 29.2 Å². The van der Waals surface area contributed by atoms with Crippen molar-refractivity contribution < 1.29 is 29.3 Å². The van der Waals surface area contributed by atoms with E-state index < -0.39 is 36.1 Å². The molecule has 2 aliphatic rings. The third-order valence-corrected chi connectivity index (χ3v) is 7.81. The van der Waals surface area contributed by atoms with Crippen LogP contribution in [0.1, 0.15) is 70.5 Å². The van der Waals surface area contributed by atoms with Crippen molar-refractivity contribution in [1.82, 2.24) is 4.98 Å². The first-order chi connectivity index (χ1) is 15.6. The van der Waals surface area contributed by atoms with Crippen LogP contribution >= 0.6 is 11.3 Å². The Balaban J connectivity index is 1.77. The summed E-state index contributed by atoms with van der Waals surface area (Å²) in [5, 5.41) is 24.1. The first-order valence-corrected chi connectivity index (χ1v) is 12.8. The number of rotatable bonds is 2. The van der Waals surface area contributed by atoms with Gasteiger partial charge in [0.05, 0.1) is 41.5 Å². The number of nitrogens with zero attached hydrogens (tertiary/aromatic N) is 1. The molecule has 2 aliphatic heterocycles. The van der Waals surface area contributed by atoms with Crippen molar-refractivity contribution in [2.24, 2.45) is 17.8 Å². The molecular formula is C25H37NO6S. The molecule has 1 unspecified atom stereocenters. The second kappa shape index (κ2) is 11.2. The monoisotopic (exact) mass is 479 g/mol. The van der Waals surface area contributed by atoms with E-state index in [9.17, 15) is 19.8 Å². The topological polar surface area (TPSA) is 109 Å². The number of carbonyl (C=O) groups is 2. The second-order valence-corrected chi connectivity index (χ2v) is 10.8. The predicted octanol–water partition coefficient (Wildman–Crippen LogP) is 3.70. The highest BCUT2D eigenvalue weighted by atomic mass is 32.1. The fraction of sp³-hybridized carbons (Fsp3) is 0.720. The number of cyclic esters (lactones) is 1. The number of Topliss-reactive ketones (excluding diaryl/α,β-unsaturated/α-hetero) is 1. The molecule has 184 valence electrons. The predicted molar refractivity (Wildman–Crippen MR) is 127 cm³/mol. The van der Waals surface area contributed by atoms with E-state index in [4.69, 9.17) is 9.47 Å². The zero-order valence-electron chi connectivity index (χ0n) is 20.2. The molecule has 0 aliphatic carbocycles. The maximum absolute atomic E-state index is 12.8. The van der Waals surface area contributed by atoms with Gasteiger partial charge in [0, 0.05) is 23.6 Å². The third-order valence-electron chi connectivity index (χ3n) is 7.02. The smallest absolute Gasteiger partial charge is 0.309 e. The van der Waals surface area contributed by atoms with Gasteiger partial charge in [-0.2, -0.15) is 0 Å². The summed E-state index contributed by atoms with van der Waals surface area (Å²) < 4.78 is 11.6. The van der Waals surface area contributed by atoms with E-state index in [1.54, 1.807) is 25.2 Å². The standard InChI is InChI=1S/C25H37NO6S/c1-13-7-6-8-20-22(31-20)11-21(14(2)9-18-12-33-17(5)26-18)32-23(28)10-19(27)15(3)25(30)16(4)24(13)29/h9,12-13,15-16,19-22,24,27,29H,6-8,10-11H2,1-5H3/b14-9+/t13-,15-,16+,19-,20+,21-,22-,24?/m0/s1. The maximum atomic E-state index is 12.8. The van der Waals surface area contributed by atoms with E-state index in [0.29, 0.717) is 6.42 Å². The molecule has 2 fully saturated rings. The molecule has 0 saturated carbocycles. The van der Waals surface area contributed by atoms with E-state index in [-0.39, 0.29) is 30.3 Å². The Hall–Kier alpha value is -1.61. The number of epoxide rings is 1. The molecule has 3 heterocycles. The van der Waals surface area contributed by atoms with Crippen LogP contribution in [-0.4, -0.2) is 57.5 Å². The number of aryl methyl sites for hydroxylation is 1. The number of ketones is 1. The number of aromatic nitrogens is 1. The number of aliphatic hydroxyl groups is 2. The van der Waals surface area contributed by atoms with Crippen LogP contribution in [0.2, 0.25) is 0 Å². The highest BCUT2D eigenvalue weighted by Crippen LogP contribution is 2.35. The van der Waals surface area contributed by atoms with Gasteiger partial charge in [0.25, 0.3) is 0 Å². The van der Waals surface area contributed by atoms with Gasteiger partial charge < -0.3 is 19.7 Å². The van der Waals surface area contributed by atoms with Crippen LogP contribution in [0.25, 0.3) is 6.08 Å². The van der Waals surface area contributed by atoms with Crippen LogP contribution in [-0.2, 0) is 19.1 Å². The van der Waals surface area contributed by atoms with Crippen LogP contribution in [0, 0.1) is 24.7 Å². The van der Waals surface area contributed by atoms with E-state index in [1.165, 1.54) is 0 Å². The Morgan fingerprint density at radius 1 is 1.15 bits per heavy atom. The Morgan fingerprint density at radius 2 is 1.88 bits per heavy atom. The fourth-order valence-corrected chi connectivity index (χ4v) is 5.15. The van der Waals surface area contributed by atoms with E-state index >= 15 is 0 Å². The van der Waals surface area contributed by atoms with Gasteiger partial charge in [0.15, 0.2) is 0 Å². The summed E-state index contributed by atoms with van der Waals surface area (Å²) in [5.41, 5.74) is 1.69. The van der Waals surface area contributed by atoms with Gasteiger partial charge in [-0.1, -0.05) is 27.2 Å². The van der Waals surface area contributed by atoms with E-state index in [1.807, 2.05) is 32.2 Å². The molecule has 0 bridgehead atoms.